The number of rotatable bonds is 5. The fourth-order valence-electron chi connectivity index (χ4n) is 1.59. The van der Waals surface area contributed by atoms with Crippen LogP contribution in [0.3, 0.4) is 0 Å². The van der Waals surface area contributed by atoms with Crippen LogP contribution in [-0.2, 0) is 9.84 Å². The number of hydrogen-bond acceptors (Lipinski definition) is 4. The lowest BCUT2D eigenvalue weighted by Crippen LogP contribution is -2.32. The average molecular weight is 277 g/mol. The fourth-order valence-corrected chi connectivity index (χ4v) is 3.87. The van der Waals surface area contributed by atoms with E-state index < -0.39 is 20.6 Å². The third-order valence-electron chi connectivity index (χ3n) is 2.38. The molecule has 1 fully saturated rings. The molecule has 1 heterocycles. The normalized spacial score (nSPS) is 24.8. The van der Waals surface area contributed by atoms with Crippen LogP contribution in [0.4, 0.5) is 13.2 Å². The molecule has 8 heteroatoms. The summed E-state index contributed by atoms with van der Waals surface area (Å²) in [6.07, 6.45) is 1.27. The minimum Gasteiger partial charge on any atom is -0.315 e. The molecule has 0 spiro atoms. The van der Waals surface area contributed by atoms with Gasteiger partial charge in [-0.3, -0.25) is 0 Å². The van der Waals surface area contributed by atoms with Crippen LogP contribution >= 0.6 is 11.8 Å². The van der Waals surface area contributed by atoms with Crippen molar-refractivity contribution in [1.82, 2.24) is 5.32 Å². The van der Waals surface area contributed by atoms with E-state index in [-0.39, 0.29) is 36.4 Å². The van der Waals surface area contributed by atoms with E-state index in [1.165, 1.54) is 0 Å². The van der Waals surface area contributed by atoms with Crippen LogP contribution in [0, 0.1) is 0 Å². The predicted octanol–water partition coefficient (Wildman–Crippen LogP) is 1.41. The molecule has 1 rings (SSSR count). The first-order chi connectivity index (χ1) is 7.31. The second-order valence-electron chi connectivity index (χ2n) is 3.63. The average Bonchev–Trinajstić information content (AvgIpc) is 2.43. The van der Waals surface area contributed by atoms with Crippen LogP contribution in [-0.4, -0.2) is 43.8 Å². The number of sulfone groups is 1. The van der Waals surface area contributed by atoms with Gasteiger partial charge in [0.15, 0.2) is 9.84 Å². The molecule has 0 aromatic carbocycles. The Morgan fingerprint density at radius 3 is 2.56 bits per heavy atom. The molecule has 96 valence electrons. The lowest BCUT2D eigenvalue weighted by Gasteiger charge is -2.11. The summed E-state index contributed by atoms with van der Waals surface area (Å²) in [7, 11) is -2.99. The summed E-state index contributed by atoms with van der Waals surface area (Å²) in [6.45, 7) is 0.441. The zero-order valence-corrected chi connectivity index (χ0v) is 10.2. The Labute approximate surface area is 97.1 Å². The first-order valence-electron chi connectivity index (χ1n) is 4.94. The maximum absolute atomic E-state index is 11.7. The van der Waals surface area contributed by atoms with Crippen molar-refractivity contribution in [1.29, 1.82) is 0 Å². The quantitative estimate of drug-likeness (QED) is 0.772. The highest BCUT2D eigenvalue weighted by molar-refractivity contribution is 8.00. The third-order valence-corrected chi connectivity index (χ3v) is 5.39. The van der Waals surface area contributed by atoms with Gasteiger partial charge < -0.3 is 5.32 Å². The van der Waals surface area contributed by atoms with Gasteiger partial charge in [-0.25, -0.2) is 8.42 Å². The zero-order valence-electron chi connectivity index (χ0n) is 8.59. The van der Waals surface area contributed by atoms with Crippen LogP contribution in [0.5, 0.6) is 0 Å². The summed E-state index contributed by atoms with van der Waals surface area (Å²) < 4.78 is 58.0. The van der Waals surface area contributed by atoms with E-state index in [2.05, 4.69) is 5.32 Å². The summed E-state index contributed by atoms with van der Waals surface area (Å²) in [5, 5.41) is 2.34. The van der Waals surface area contributed by atoms with Crippen molar-refractivity contribution in [3.05, 3.63) is 0 Å². The van der Waals surface area contributed by atoms with Gasteiger partial charge in [-0.15, -0.1) is 0 Å². The monoisotopic (exact) mass is 277 g/mol. The summed E-state index contributed by atoms with van der Waals surface area (Å²) in [6, 6.07) is 0. The second-order valence-corrected chi connectivity index (χ2v) is 7.19. The highest BCUT2D eigenvalue weighted by atomic mass is 32.2. The van der Waals surface area contributed by atoms with Gasteiger partial charge in [-0.1, -0.05) is 0 Å². The van der Waals surface area contributed by atoms with Crippen molar-refractivity contribution in [3.8, 4) is 0 Å². The molecule has 1 N–H and O–H groups in total. The Morgan fingerprint density at radius 1 is 1.38 bits per heavy atom. The summed E-state index contributed by atoms with van der Waals surface area (Å²) in [5.41, 5.74) is -4.21. The molecule has 0 saturated carbocycles. The van der Waals surface area contributed by atoms with Crippen LogP contribution in [0.15, 0.2) is 0 Å². The summed E-state index contributed by atoms with van der Waals surface area (Å²) in [5.74, 6) is 0.118. The van der Waals surface area contributed by atoms with Crippen molar-refractivity contribution in [2.75, 3.05) is 24.6 Å². The Morgan fingerprint density at radius 2 is 2.06 bits per heavy atom. The molecule has 16 heavy (non-hydrogen) atoms. The van der Waals surface area contributed by atoms with Gasteiger partial charge in [0.25, 0.3) is 0 Å². The van der Waals surface area contributed by atoms with Gasteiger partial charge in [0, 0.05) is 18.8 Å². The van der Waals surface area contributed by atoms with Crippen LogP contribution in [0.2, 0.25) is 0 Å². The van der Waals surface area contributed by atoms with E-state index in [9.17, 15) is 21.6 Å². The fraction of sp³-hybridized carbons (Fsp3) is 1.00. The minimum absolute atomic E-state index is 0.0870. The molecule has 0 aliphatic carbocycles. The summed E-state index contributed by atoms with van der Waals surface area (Å²) >= 11 is -0.0960. The Kier molecular flexibility index (Phi) is 4.93. The molecule has 0 radical (unpaired) electrons. The minimum atomic E-state index is -4.21. The molecule has 0 aromatic heterocycles. The van der Waals surface area contributed by atoms with Gasteiger partial charge in [-0.2, -0.15) is 13.2 Å². The molecule has 1 unspecified atom stereocenters. The SMILES string of the molecule is O=S1(=O)CCCC1CNCCSC(F)(F)F. The molecule has 0 amide bonds. The number of alkyl halides is 3. The number of thioether (sulfide) groups is 1. The smallest absolute Gasteiger partial charge is 0.315 e. The van der Waals surface area contributed by atoms with Gasteiger partial charge in [0.1, 0.15) is 0 Å². The van der Waals surface area contributed by atoms with E-state index in [4.69, 9.17) is 0 Å². The summed E-state index contributed by atoms with van der Waals surface area (Å²) in [4.78, 5) is 0. The van der Waals surface area contributed by atoms with Crippen molar-refractivity contribution >= 4 is 21.6 Å². The standard InChI is InChI=1S/C8H14F3NO2S2/c9-8(10,11)15-4-3-12-6-7-2-1-5-16(7,13)14/h7,12H,1-6H2. The van der Waals surface area contributed by atoms with Crippen molar-refractivity contribution in [2.24, 2.45) is 0 Å². The molecule has 1 aliphatic heterocycles. The van der Waals surface area contributed by atoms with Crippen LogP contribution in [0.25, 0.3) is 0 Å². The zero-order chi connectivity index (χ0) is 12.2. The first-order valence-corrected chi connectivity index (χ1v) is 7.64. The molecule has 0 aromatic rings. The molecular weight excluding hydrogens is 263 g/mol. The molecule has 1 atom stereocenters. The number of halogens is 3. The van der Waals surface area contributed by atoms with Crippen molar-refractivity contribution in [2.45, 2.75) is 23.6 Å². The maximum atomic E-state index is 11.7. The van der Waals surface area contributed by atoms with E-state index in [1.54, 1.807) is 0 Å². The largest absolute Gasteiger partial charge is 0.441 e. The number of hydrogen-bond donors (Lipinski definition) is 1. The molecule has 1 aliphatic rings. The molecule has 1 saturated heterocycles. The maximum Gasteiger partial charge on any atom is 0.441 e. The number of nitrogens with one attached hydrogen (secondary N) is 1. The van der Waals surface area contributed by atoms with E-state index in [0.29, 0.717) is 12.8 Å². The van der Waals surface area contributed by atoms with Crippen molar-refractivity contribution < 1.29 is 21.6 Å². The van der Waals surface area contributed by atoms with Gasteiger partial charge in [-0.05, 0) is 24.6 Å². The highest BCUT2D eigenvalue weighted by Crippen LogP contribution is 2.29. The third kappa shape index (κ3) is 4.92. The second kappa shape index (κ2) is 5.59. The van der Waals surface area contributed by atoms with E-state index >= 15 is 0 Å². The predicted molar refractivity (Wildman–Crippen MR) is 58.2 cm³/mol. The van der Waals surface area contributed by atoms with Gasteiger partial charge in [0.2, 0.25) is 0 Å². The lowest BCUT2D eigenvalue weighted by molar-refractivity contribution is -0.0327. The van der Waals surface area contributed by atoms with E-state index in [0.717, 1.165) is 0 Å². The molecule has 3 nitrogen and oxygen atoms in total. The van der Waals surface area contributed by atoms with E-state index in [1.807, 2.05) is 0 Å². The van der Waals surface area contributed by atoms with Gasteiger partial charge >= 0.3 is 5.51 Å². The van der Waals surface area contributed by atoms with Crippen LogP contribution < -0.4 is 5.32 Å². The molecular formula is C8H14F3NO2S2. The van der Waals surface area contributed by atoms with Gasteiger partial charge in [0.05, 0.1) is 11.0 Å². The first kappa shape index (κ1) is 14.1. The highest BCUT2D eigenvalue weighted by Gasteiger charge is 2.31. The molecule has 0 bridgehead atoms. The lowest BCUT2D eigenvalue weighted by atomic mass is 10.2. The Hall–Kier alpha value is 0.0500. The topological polar surface area (TPSA) is 46.2 Å². The van der Waals surface area contributed by atoms with Crippen molar-refractivity contribution in [3.63, 3.8) is 0 Å². The van der Waals surface area contributed by atoms with Crippen LogP contribution in [0.1, 0.15) is 12.8 Å². The Balaban J connectivity index is 2.12. The Bertz CT molecular complexity index is 316.